The number of carbonyl (C=O) groups is 1. The maximum Gasteiger partial charge on any atom is 0.317 e. The molecule has 1 aromatic heterocycles. The molecule has 0 spiro atoms. The fraction of sp³-hybridized carbons (Fsp3) is 0.647. The average Bonchev–Trinajstić information content (AvgIpc) is 2.62. The number of rotatable bonds is 4. The highest BCUT2D eigenvalue weighted by molar-refractivity contribution is 5.74. The summed E-state index contributed by atoms with van der Waals surface area (Å²) < 4.78 is 11.6. The van der Waals surface area contributed by atoms with Gasteiger partial charge in [0.05, 0.1) is 6.10 Å². The van der Waals surface area contributed by atoms with Crippen LogP contribution in [-0.4, -0.2) is 54.4 Å². The molecule has 3 heterocycles. The van der Waals surface area contributed by atoms with Crippen molar-refractivity contribution in [3.63, 3.8) is 0 Å². The van der Waals surface area contributed by atoms with E-state index in [-0.39, 0.29) is 18.2 Å². The summed E-state index contributed by atoms with van der Waals surface area (Å²) >= 11 is 0. The topological polar surface area (TPSA) is 63.7 Å². The van der Waals surface area contributed by atoms with Crippen LogP contribution in [0.5, 0.6) is 5.75 Å². The first-order valence-electron chi connectivity index (χ1n) is 8.52. The average molecular weight is 319 g/mol. The molecule has 126 valence electrons. The van der Waals surface area contributed by atoms with E-state index in [0.29, 0.717) is 6.54 Å². The van der Waals surface area contributed by atoms with Crippen molar-refractivity contribution in [1.29, 1.82) is 0 Å². The molecule has 0 aromatic carbocycles. The van der Waals surface area contributed by atoms with Gasteiger partial charge in [-0.2, -0.15) is 0 Å². The molecule has 2 aliphatic rings. The van der Waals surface area contributed by atoms with Gasteiger partial charge >= 0.3 is 6.03 Å². The molecule has 0 bridgehead atoms. The third-order valence-electron chi connectivity index (χ3n) is 4.44. The van der Waals surface area contributed by atoms with E-state index in [4.69, 9.17) is 9.47 Å². The van der Waals surface area contributed by atoms with Crippen LogP contribution in [0, 0.1) is 0 Å². The van der Waals surface area contributed by atoms with Crippen molar-refractivity contribution in [2.45, 2.75) is 44.3 Å². The van der Waals surface area contributed by atoms with Crippen LogP contribution in [0.3, 0.4) is 0 Å². The number of pyridine rings is 1. The first-order chi connectivity index (χ1) is 11.3. The Hall–Kier alpha value is -1.82. The Morgan fingerprint density at radius 1 is 1.26 bits per heavy atom. The van der Waals surface area contributed by atoms with Crippen molar-refractivity contribution >= 4 is 6.03 Å². The van der Waals surface area contributed by atoms with Crippen LogP contribution in [0.25, 0.3) is 0 Å². The van der Waals surface area contributed by atoms with Crippen LogP contribution < -0.4 is 10.1 Å². The first kappa shape index (κ1) is 16.1. The van der Waals surface area contributed by atoms with Crippen LogP contribution in [-0.2, 0) is 4.74 Å². The van der Waals surface area contributed by atoms with Crippen molar-refractivity contribution < 1.29 is 14.3 Å². The van der Waals surface area contributed by atoms with Gasteiger partial charge in [-0.1, -0.05) is 0 Å². The lowest BCUT2D eigenvalue weighted by atomic mass is 10.1. The number of likely N-dealkylation sites (tertiary alicyclic amines) is 1. The van der Waals surface area contributed by atoms with Gasteiger partial charge in [0.15, 0.2) is 0 Å². The molecule has 0 aliphatic carbocycles. The molecular formula is C17H25N3O3. The van der Waals surface area contributed by atoms with E-state index < -0.39 is 0 Å². The monoisotopic (exact) mass is 319 g/mol. The van der Waals surface area contributed by atoms with Gasteiger partial charge < -0.3 is 19.7 Å². The summed E-state index contributed by atoms with van der Waals surface area (Å²) in [5.41, 5.74) is 0. The number of aromatic nitrogens is 1. The molecule has 2 fully saturated rings. The fourth-order valence-electron chi connectivity index (χ4n) is 3.07. The van der Waals surface area contributed by atoms with E-state index in [1.54, 1.807) is 12.4 Å². The van der Waals surface area contributed by atoms with Gasteiger partial charge in [0.1, 0.15) is 11.9 Å². The molecule has 1 N–H and O–H groups in total. The van der Waals surface area contributed by atoms with Crippen molar-refractivity contribution in [1.82, 2.24) is 15.2 Å². The van der Waals surface area contributed by atoms with E-state index >= 15 is 0 Å². The van der Waals surface area contributed by atoms with Gasteiger partial charge in [0.2, 0.25) is 0 Å². The zero-order valence-electron chi connectivity index (χ0n) is 13.4. The van der Waals surface area contributed by atoms with Gasteiger partial charge in [-0.25, -0.2) is 4.79 Å². The standard InChI is InChI=1S/C17H25N3O3/c21-17(19-13-16-3-1-2-12-22-16)20-10-6-15(7-11-20)23-14-4-8-18-9-5-14/h4-5,8-9,15-16H,1-3,6-7,10-13H2,(H,19,21). The Balaban J connectivity index is 1.37. The summed E-state index contributed by atoms with van der Waals surface area (Å²) in [6, 6.07) is 3.74. The Bertz CT molecular complexity index is 483. The second-order valence-electron chi connectivity index (χ2n) is 6.16. The quantitative estimate of drug-likeness (QED) is 0.924. The number of carbonyl (C=O) groups excluding carboxylic acids is 1. The highest BCUT2D eigenvalue weighted by Gasteiger charge is 2.24. The normalized spacial score (nSPS) is 22.6. The molecule has 6 nitrogen and oxygen atoms in total. The predicted molar refractivity (Wildman–Crippen MR) is 86.4 cm³/mol. The Labute approximate surface area is 137 Å². The fourth-order valence-corrected chi connectivity index (χ4v) is 3.07. The Kier molecular flexibility index (Phi) is 5.69. The van der Waals surface area contributed by atoms with Gasteiger partial charge in [-0.05, 0) is 31.4 Å². The molecule has 2 saturated heterocycles. The van der Waals surface area contributed by atoms with Crippen molar-refractivity contribution in [2.75, 3.05) is 26.2 Å². The minimum atomic E-state index is 0.0153. The maximum absolute atomic E-state index is 12.2. The van der Waals surface area contributed by atoms with Crippen molar-refractivity contribution in [3.05, 3.63) is 24.5 Å². The number of nitrogens with zero attached hydrogens (tertiary/aromatic N) is 2. The molecule has 2 aliphatic heterocycles. The van der Waals surface area contributed by atoms with Gasteiger partial charge in [-0.15, -0.1) is 0 Å². The van der Waals surface area contributed by atoms with Gasteiger partial charge in [0, 0.05) is 51.5 Å². The second kappa shape index (κ2) is 8.15. The van der Waals surface area contributed by atoms with Gasteiger partial charge in [0.25, 0.3) is 0 Å². The van der Waals surface area contributed by atoms with Crippen molar-refractivity contribution in [3.8, 4) is 5.75 Å². The maximum atomic E-state index is 12.2. The number of urea groups is 1. The van der Waals surface area contributed by atoms with Crippen LogP contribution in [0.2, 0.25) is 0 Å². The number of nitrogens with one attached hydrogen (secondary N) is 1. The van der Waals surface area contributed by atoms with Crippen molar-refractivity contribution in [2.24, 2.45) is 0 Å². The molecule has 6 heteroatoms. The minimum Gasteiger partial charge on any atom is -0.490 e. The summed E-state index contributed by atoms with van der Waals surface area (Å²) in [5, 5.41) is 3.00. The molecule has 2 amide bonds. The SMILES string of the molecule is O=C(NCC1CCCCO1)N1CCC(Oc2ccncc2)CC1. The first-order valence-corrected chi connectivity index (χ1v) is 8.52. The molecular weight excluding hydrogens is 294 g/mol. The van der Waals surface area contributed by atoms with E-state index in [0.717, 1.165) is 51.1 Å². The highest BCUT2D eigenvalue weighted by Crippen LogP contribution is 2.18. The van der Waals surface area contributed by atoms with Crippen LogP contribution >= 0.6 is 0 Å². The molecule has 0 saturated carbocycles. The largest absolute Gasteiger partial charge is 0.490 e. The molecule has 0 radical (unpaired) electrons. The van der Waals surface area contributed by atoms with E-state index in [2.05, 4.69) is 10.3 Å². The Morgan fingerprint density at radius 3 is 2.74 bits per heavy atom. The number of hydrogen-bond donors (Lipinski definition) is 1. The highest BCUT2D eigenvalue weighted by atomic mass is 16.5. The van der Waals surface area contributed by atoms with E-state index in [1.807, 2.05) is 17.0 Å². The van der Waals surface area contributed by atoms with Crippen LogP contribution in [0.4, 0.5) is 4.79 Å². The number of hydrogen-bond acceptors (Lipinski definition) is 4. The van der Waals surface area contributed by atoms with E-state index in [1.165, 1.54) is 6.42 Å². The number of piperidine rings is 1. The summed E-state index contributed by atoms with van der Waals surface area (Å²) in [5.74, 6) is 0.845. The minimum absolute atomic E-state index is 0.0153. The lowest BCUT2D eigenvalue weighted by Crippen LogP contribution is -2.48. The lowest BCUT2D eigenvalue weighted by Gasteiger charge is -2.32. The van der Waals surface area contributed by atoms with Crippen LogP contribution in [0.15, 0.2) is 24.5 Å². The molecule has 1 unspecified atom stereocenters. The molecule has 1 aromatic rings. The summed E-state index contributed by atoms with van der Waals surface area (Å²) in [4.78, 5) is 18.1. The number of amides is 2. The summed E-state index contributed by atoms with van der Waals surface area (Å²) in [6.07, 6.45) is 8.89. The lowest BCUT2D eigenvalue weighted by molar-refractivity contribution is 0.0173. The van der Waals surface area contributed by atoms with Gasteiger partial charge in [-0.3, -0.25) is 4.98 Å². The molecule has 23 heavy (non-hydrogen) atoms. The molecule has 1 atom stereocenters. The summed E-state index contributed by atoms with van der Waals surface area (Å²) in [7, 11) is 0. The van der Waals surface area contributed by atoms with E-state index in [9.17, 15) is 4.79 Å². The number of ether oxygens (including phenoxy) is 2. The third-order valence-corrected chi connectivity index (χ3v) is 4.44. The smallest absolute Gasteiger partial charge is 0.317 e. The second-order valence-corrected chi connectivity index (χ2v) is 6.16. The van der Waals surface area contributed by atoms with Crippen LogP contribution in [0.1, 0.15) is 32.1 Å². The molecule has 3 rings (SSSR count). The third kappa shape index (κ3) is 4.82. The summed E-state index contributed by atoms with van der Waals surface area (Å²) in [6.45, 7) is 2.89. The Morgan fingerprint density at radius 2 is 2.04 bits per heavy atom. The zero-order valence-corrected chi connectivity index (χ0v) is 13.4. The predicted octanol–water partition coefficient (Wildman–Crippen LogP) is 2.20. The zero-order chi connectivity index (χ0) is 15.9.